The lowest BCUT2D eigenvalue weighted by molar-refractivity contribution is -0.124. The monoisotopic (exact) mass is 563 g/mol. The highest BCUT2D eigenvalue weighted by Crippen LogP contribution is 2.39. The summed E-state index contributed by atoms with van der Waals surface area (Å²) in [5, 5.41) is 9.85. The number of anilines is 1. The van der Waals surface area contributed by atoms with Crippen LogP contribution in [0.4, 0.5) is 5.69 Å². The lowest BCUT2D eigenvalue weighted by Crippen LogP contribution is -2.62. The fourth-order valence-corrected chi connectivity index (χ4v) is 6.16. The second-order valence-electron chi connectivity index (χ2n) is 13.4. The number of rotatable bonds is 8. The van der Waals surface area contributed by atoms with Gasteiger partial charge in [0.2, 0.25) is 12.1 Å². The van der Waals surface area contributed by atoms with E-state index >= 15 is 0 Å². The Morgan fingerprint density at radius 1 is 1.05 bits per heavy atom. The maximum absolute atomic E-state index is 12.8. The summed E-state index contributed by atoms with van der Waals surface area (Å²) >= 11 is 0. The van der Waals surface area contributed by atoms with E-state index < -0.39 is 6.23 Å². The lowest BCUT2D eigenvalue weighted by Gasteiger charge is -2.54. The largest absolute Gasteiger partial charge is 0.489 e. The Balaban J connectivity index is 1.26. The molecule has 222 valence electrons. The molecule has 1 aromatic heterocycles. The summed E-state index contributed by atoms with van der Waals surface area (Å²) in [6.07, 6.45) is 3.88. The molecule has 2 aromatic rings. The third kappa shape index (κ3) is 7.64. The molecule has 9 nitrogen and oxygen atoms in total. The Bertz CT molecular complexity index is 1240. The summed E-state index contributed by atoms with van der Waals surface area (Å²) in [5.74, 6) is 0.204. The Morgan fingerprint density at radius 2 is 1.71 bits per heavy atom. The van der Waals surface area contributed by atoms with Crippen LogP contribution in [0.25, 0.3) is 0 Å². The third-order valence-corrected chi connectivity index (χ3v) is 7.94. The predicted molar refractivity (Wildman–Crippen MR) is 161 cm³/mol. The fourth-order valence-electron chi connectivity index (χ4n) is 6.16. The molecule has 41 heavy (non-hydrogen) atoms. The number of pyridine rings is 1. The molecule has 3 heterocycles. The number of nitrogens with one attached hydrogen (secondary N) is 2. The van der Waals surface area contributed by atoms with E-state index in [0.717, 1.165) is 30.7 Å². The van der Waals surface area contributed by atoms with Gasteiger partial charge in [-0.3, -0.25) is 14.5 Å². The zero-order valence-electron chi connectivity index (χ0n) is 25.7. The number of oxime groups is 1. The van der Waals surface area contributed by atoms with E-state index in [1.54, 1.807) is 30.5 Å². The van der Waals surface area contributed by atoms with Crippen molar-refractivity contribution in [2.75, 3.05) is 11.9 Å². The molecule has 1 fully saturated rings. The third-order valence-electron chi connectivity index (χ3n) is 7.94. The van der Waals surface area contributed by atoms with E-state index in [9.17, 15) is 9.59 Å². The zero-order chi connectivity index (χ0) is 30.0. The van der Waals surface area contributed by atoms with E-state index in [4.69, 9.17) is 9.57 Å². The average Bonchev–Trinajstić information content (AvgIpc) is 3.33. The van der Waals surface area contributed by atoms with Crippen molar-refractivity contribution in [1.82, 2.24) is 15.2 Å². The van der Waals surface area contributed by atoms with Crippen LogP contribution in [0.15, 0.2) is 47.8 Å². The Morgan fingerprint density at radius 3 is 2.24 bits per heavy atom. The smallest absolute Gasteiger partial charge is 0.274 e. The highest BCUT2D eigenvalue weighted by molar-refractivity contribution is 6.02. The van der Waals surface area contributed by atoms with Gasteiger partial charge in [-0.2, -0.15) is 0 Å². The molecular weight excluding hydrogens is 518 g/mol. The standard InChI is InChI=1S/C32H45N5O4/c1-9-37-31(5,6)18-24(19-32(37,7)8)40-23-14-15-25(33-20-23)29(39)34-22-12-10-21(11-13-22)16-27(38)35-28-17-26(36-41-28)30(2,3)4/h10-15,20,24,28H,9,16-19H2,1-8H3,(H,34,39)(H,35,38). The first-order valence-electron chi connectivity index (χ1n) is 14.5. The minimum absolute atomic E-state index is 0.0310. The average molecular weight is 564 g/mol. The zero-order valence-corrected chi connectivity index (χ0v) is 25.7. The number of benzene rings is 1. The Labute approximate surface area is 244 Å². The predicted octanol–water partition coefficient (Wildman–Crippen LogP) is 5.56. The maximum Gasteiger partial charge on any atom is 0.274 e. The first kappa shape index (κ1) is 30.5. The molecule has 1 saturated heterocycles. The number of ether oxygens (including phenoxy) is 1. The van der Waals surface area contributed by atoms with Gasteiger partial charge in [0.15, 0.2) is 0 Å². The van der Waals surface area contributed by atoms with Crippen molar-refractivity contribution in [2.45, 2.75) is 104 Å². The molecule has 2 N–H and O–H groups in total. The van der Waals surface area contributed by atoms with Crippen LogP contribution < -0.4 is 15.4 Å². The second kappa shape index (κ2) is 11.8. The normalized spacial score (nSPS) is 20.6. The maximum atomic E-state index is 12.8. The van der Waals surface area contributed by atoms with Gasteiger partial charge in [0.05, 0.1) is 18.3 Å². The molecule has 1 unspecified atom stereocenters. The molecule has 0 aliphatic carbocycles. The molecule has 0 radical (unpaired) electrons. The number of hydrogen-bond donors (Lipinski definition) is 2. The van der Waals surface area contributed by atoms with Crippen LogP contribution in [0.3, 0.4) is 0 Å². The quantitative estimate of drug-likeness (QED) is 0.436. The Hall–Kier alpha value is -3.46. The number of hydrogen-bond acceptors (Lipinski definition) is 7. The van der Waals surface area contributed by atoms with Crippen LogP contribution in [0.2, 0.25) is 0 Å². The van der Waals surface area contributed by atoms with Crippen molar-refractivity contribution in [3.63, 3.8) is 0 Å². The first-order chi connectivity index (χ1) is 19.2. The number of carbonyl (C=O) groups excluding carboxylic acids is 2. The number of carbonyl (C=O) groups is 2. The van der Waals surface area contributed by atoms with E-state index in [1.807, 2.05) is 12.1 Å². The van der Waals surface area contributed by atoms with Crippen molar-refractivity contribution in [2.24, 2.45) is 10.6 Å². The van der Waals surface area contributed by atoms with Gasteiger partial charge in [0, 0.05) is 41.4 Å². The molecule has 1 atom stereocenters. The summed E-state index contributed by atoms with van der Waals surface area (Å²) < 4.78 is 6.31. The van der Waals surface area contributed by atoms with Gasteiger partial charge >= 0.3 is 0 Å². The van der Waals surface area contributed by atoms with Crippen LogP contribution in [0.1, 0.15) is 90.7 Å². The molecular formula is C32H45N5O4. The molecule has 1 aromatic carbocycles. The van der Waals surface area contributed by atoms with Crippen molar-refractivity contribution in [3.05, 3.63) is 53.9 Å². The Kier molecular flexibility index (Phi) is 8.78. The van der Waals surface area contributed by atoms with Gasteiger partial charge in [0.25, 0.3) is 5.91 Å². The molecule has 0 bridgehead atoms. The van der Waals surface area contributed by atoms with Crippen LogP contribution in [-0.2, 0) is 16.1 Å². The molecule has 2 aliphatic rings. The second-order valence-corrected chi connectivity index (χ2v) is 13.4. The summed E-state index contributed by atoms with van der Waals surface area (Å²) in [6, 6.07) is 10.7. The van der Waals surface area contributed by atoms with Crippen LogP contribution in [-0.4, -0.2) is 57.4 Å². The highest BCUT2D eigenvalue weighted by Gasteiger charge is 2.45. The number of piperidine rings is 1. The summed E-state index contributed by atoms with van der Waals surface area (Å²) in [5.41, 5.74) is 2.65. The van der Waals surface area contributed by atoms with Crippen LogP contribution >= 0.6 is 0 Å². The number of likely N-dealkylation sites (tertiary alicyclic amines) is 1. The van der Waals surface area contributed by atoms with Crippen molar-refractivity contribution in [1.29, 1.82) is 0 Å². The van der Waals surface area contributed by atoms with Crippen LogP contribution in [0.5, 0.6) is 5.75 Å². The minimum atomic E-state index is -0.438. The minimum Gasteiger partial charge on any atom is -0.489 e. The number of nitrogens with zero attached hydrogens (tertiary/aromatic N) is 3. The van der Waals surface area contributed by atoms with Crippen molar-refractivity contribution < 1.29 is 19.2 Å². The van der Waals surface area contributed by atoms with Gasteiger partial charge in [-0.25, -0.2) is 4.98 Å². The highest BCUT2D eigenvalue weighted by atomic mass is 16.7. The first-order valence-corrected chi connectivity index (χ1v) is 14.5. The topological polar surface area (TPSA) is 105 Å². The number of amides is 2. The summed E-state index contributed by atoms with van der Waals surface area (Å²) in [4.78, 5) is 37.5. The summed E-state index contributed by atoms with van der Waals surface area (Å²) in [6.45, 7) is 18.5. The van der Waals surface area contributed by atoms with E-state index in [2.05, 4.69) is 81.1 Å². The molecule has 2 aliphatic heterocycles. The lowest BCUT2D eigenvalue weighted by atomic mass is 9.78. The molecule has 4 rings (SSSR count). The van der Waals surface area contributed by atoms with Crippen molar-refractivity contribution in [3.8, 4) is 5.75 Å². The van der Waals surface area contributed by atoms with Gasteiger partial charge in [0.1, 0.15) is 17.5 Å². The molecule has 0 spiro atoms. The van der Waals surface area contributed by atoms with Gasteiger partial charge in [-0.05, 0) is 64.1 Å². The molecule has 2 amide bonds. The van der Waals surface area contributed by atoms with Gasteiger partial charge < -0.3 is 20.2 Å². The summed E-state index contributed by atoms with van der Waals surface area (Å²) in [7, 11) is 0. The van der Waals surface area contributed by atoms with Gasteiger partial charge in [-0.15, -0.1) is 0 Å². The molecule has 0 saturated carbocycles. The molecule has 9 heteroatoms. The van der Waals surface area contributed by atoms with Crippen molar-refractivity contribution >= 4 is 23.2 Å². The fraction of sp³-hybridized carbons (Fsp3) is 0.562. The van der Waals surface area contributed by atoms with E-state index in [1.165, 1.54) is 0 Å². The van der Waals surface area contributed by atoms with E-state index in [0.29, 0.717) is 23.6 Å². The number of aromatic nitrogens is 1. The van der Waals surface area contributed by atoms with Crippen LogP contribution in [0, 0.1) is 5.41 Å². The van der Waals surface area contributed by atoms with Gasteiger partial charge in [-0.1, -0.05) is 45.0 Å². The van der Waals surface area contributed by atoms with E-state index in [-0.39, 0.29) is 40.8 Å². The SMILES string of the molecule is CCN1C(C)(C)CC(Oc2ccc(C(=O)Nc3ccc(CC(=O)NC4CC(C(C)(C)C)=NO4)cc3)nc2)CC1(C)C.